The molecule has 4 nitrogen and oxygen atoms in total. The van der Waals surface area contributed by atoms with E-state index in [9.17, 15) is 4.79 Å². The van der Waals surface area contributed by atoms with Crippen molar-refractivity contribution >= 4 is 6.29 Å². The fraction of sp³-hybridized carbons (Fsp3) is 0.375. The average Bonchev–Trinajstić information content (AvgIpc) is 2.17. The fourth-order valence-corrected chi connectivity index (χ4v) is 1.39. The molecule has 4 heteroatoms. The van der Waals surface area contributed by atoms with Gasteiger partial charge < -0.3 is 5.32 Å². The molecular formula is C8H9N3O. The Balaban J connectivity index is 2.51. The summed E-state index contributed by atoms with van der Waals surface area (Å²) in [6.07, 6.45) is 3.13. The van der Waals surface area contributed by atoms with E-state index in [1.165, 1.54) is 6.33 Å². The maximum Gasteiger partial charge on any atom is 0.168 e. The number of fused-ring (bicyclic) bond motifs is 1. The van der Waals surface area contributed by atoms with Crippen LogP contribution in [-0.4, -0.2) is 22.8 Å². The Hall–Kier alpha value is -1.29. The van der Waals surface area contributed by atoms with Gasteiger partial charge >= 0.3 is 0 Å². The highest BCUT2D eigenvalue weighted by Crippen LogP contribution is 2.11. The number of nitrogens with zero attached hydrogens (tertiary/aromatic N) is 2. The van der Waals surface area contributed by atoms with Crippen molar-refractivity contribution in [1.29, 1.82) is 0 Å². The van der Waals surface area contributed by atoms with Crippen LogP contribution in [0.5, 0.6) is 0 Å². The predicted molar refractivity (Wildman–Crippen MR) is 42.8 cm³/mol. The van der Waals surface area contributed by atoms with Crippen LogP contribution in [0.25, 0.3) is 0 Å². The molecule has 0 amide bonds. The van der Waals surface area contributed by atoms with Crippen molar-refractivity contribution < 1.29 is 4.79 Å². The quantitative estimate of drug-likeness (QED) is 0.589. The number of aldehydes is 1. The lowest BCUT2D eigenvalue weighted by molar-refractivity contribution is 0.111. The minimum absolute atomic E-state index is 0.521. The van der Waals surface area contributed by atoms with Crippen molar-refractivity contribution in [2.45, 2.75) is 13.0 Å². The lowest BCUT2D eigenvalue weighted by Crippen LogP contribution is -2.26. The van der Waals surface area contributed by atoms with Gasteiger partial charge in [-0.25, -0.2) is 9.97 Å². The zero-order valence-corrected chi connectivity index (χ0v) is 6.58. The molecule has 1 N–H and O–H groups in total. The maximum atomic E-state index is 10.6. The summed E-state index contributed by atoms with van der Waals surface area (Å²) in [5, 5.41) is 3.18. The predicted octanol–water partition coefficient (Wildman–Crippen LogP) is -0.0652. The Kier molecular flexibility index (Phi) is 1.83. The van der Waals surface area contributed by atoms with Gasteiger partial charge in [0.15, 0.2) is 6.29 Å². The van der Waals surface area contributed by atoms with Gasteiger partial charge in [0.05, 0.1) is 5.69 Å². The maximum absolute atomic E-state index is 10.6. The summed E-state index contributed by atoms with van der Waals surface area (Å²) >= 11 is 0. The van der Waals surface area contributed by atoms with Crippen molar-refractivity contribution in [3.8, 4) is 0 Å². The molecular weight excluding hydrogens is 154 g/mol. The van der Waals surface area contributed by atoms with E-state index in [2.05, 4.69) is 15.3 Å². The van der Waals surface area contributed by atoms with Gasteiger partial charge in [-0.15, -0.1) is 0 Å². The monoisotopic (exact) mass is 163 g/mol. The third-order valence-corrected chi connectivity index (χ3v) is 2.02. The first-order valence-corrected chi connectivity index (χ1v) is 3.90. The molecule has 0 bridgehead atoms. The Bertz CT molecular complexity index is 311. The van der Waals surface area contributed by atoms with E-state index in [1.807, 2.05) is 0 Å². The van der Waals surface area contributed by atoms with Crippen molar-refractivity contribution in [3.05, 3.63) is 23.3 Å². The molecule has 2 heterocycles. The Morgan fingerprint density at radius 1 is 1.50 bits per heavy atom. The smallest absolute Gasteiger partial charge is 0.168 e. The molecule has 1 aromatic heterocycles. The normalized spacial score (nSPS) is 15.3. The average molecular weight is 163 g/mol. The minimum atomic E-state index is 0.521. The molecule has 0 spiro atoms. The highest BCUT2D eigenvalue weighted by molar-refractivity contribution is 5.74. The summed E-state index contributed by atoms with van der Waals surface area (Å²) in [5.41, 5.74) is 2.48. The lowest BCUT2D eigenvalue weighted by Gasteiger charge is -2.15. The number of rotatable bonds is 1. The summed E-state index contributed by atoms with van der Waals surface area (Å²) < 4.78 is 0. The van der Waals surface area contributed by atoms with Gasteiger partial charge in [-0.05, 0) is 0 Å². The molecule has 62 valence electrons. The minimum Gasteiger partial charge on any atom is -0.312 e. The number of carbonyl (C=O) groups is 1. The van der Waals surface area contributed by atoms with Crippen LogP contribution >= 0.6 is 0 Å². The first-order chi connectivity index (χ1) is 5.92. The Morgan fingerprint density at radius 3 is 3.25 bits per heavy atom. The van der Waals surface area contributed by atoms with Crippen LogP contribution in [0, 0.1) is 0 Å². The highest BCUT2D eigenvalue weighted by Gasteiger charge is 2.13. The number of hydrogen-bond acceptors (Lipinski definition) is 4. The first-order valence-electron chi connectivity index (χ1n) is 3.90. The SMILES string of the molecule is O=Cc1ncnc2c1CNCC2. The topological polar surface area (TPSA) is 54.9 Å². The van der Waals surface area contributed by atoms with E-state index in [4.69, 9.17) is 0 Å². The van der Waals surface area contributed by atoms with Crippen molar-refractivity contribution in [1.82, 2.24) is 15.3 Å². The summed E-state index contributed by atoms with van der Waals surface area (Å²) in [5.74, 6) is 0. The van der Waals surface area contributed by atoms with Crippen LogP contribution in [0.2, 0.25) is 0 Å². The van der Waals surface area contributed by atoms with Crippen molar-refractivity contribution in [3.63, 3.8) is 0 Å². The number of nitrogens with one attached hydrogen (secondary N) is 1. The summed E-state index contributed by atoms with van der Waals surface area (Å²) in [6.45, 7) is 1.65. The van der Waals surface area contributed by atoms with Gasteiger partial charge in [0.25, 0.3) is 0 Å². The van der Waals surface area contributed by atoms with Gasteiger partial charge in [-0.2, -0.15) is 0 Å². The molecule has 0 saturated heterocycles. The van der Waals surface area contributed by atoms with Crippen LogP contribution in [0.15, 0.2) is 6.33 Å². The van der Waals surface area contributed by atoms with Gasteiger partial charge in [0.1, 0.15) is 12.0 Å². The van der Waals surface area contributed by atoms with Crippen molar-refractivity contribution in [2.24, 2.45) is 0 Å². The van der Waals surface area contributed by atoms with E-state index < -0.39 is 0 Å². The molecule has 0 aromatic carbocycles. The molecule has 1 aliphatic heterocycles. The van der Waals surface area contributed by atoms with Crippen LogP contribution in [0.4, 0.5) is 0 Å². The third-order valence-electron chi connectivity index (χ3n) is 2.02. The van der Waals surface area contributed by atoms with E-state index >= 15 is 0 Å². The Morgan fingerprint density at radius 2 is 2.42 bits per heavy atom. The Labute approximate surface area is 70.0 Å². The van der Waals surface area contributed by atoms with E-state index in [-0.39, 0.29) is 0 Å². The second kappa shape index (κ2) is 2.98. The zero-order chi connectivity index (χ0) is 8.39. The molecule has 0 radical (unpaired) electrons. The van der Waals surface area contributed by atoms with E-state index in [0.29, 0.717) is 12.2 Å². The molecule has 12 heavy (non-hydrogen) atoms. The van der Waals surface area contributed by atoms with Gasteiger partial charge in [0, 0.05) is 25.1 Å². The first kappa shape index (κ1) is 7.36. The van der Waals surface area contributed by atoms with Crippen LogP contribution in [0.1, 0.15) is 21.7 Å². The summed E-state index contributed by atoms with van der Waals surface area (Å²) in [7, 11) is 0. The van der Waals surface area contributed by atoms with Gasteiger partial charge in [0.2, 0.25) is 0 Å². The van der Waals surface area contributed by atoms with Crippen LogP contribution in [0.3, 0.4) is 0 Å². The standard InChI is InChI=1S/C8H9N3O/c12-4-8-6-3-9-2-1-7(6)10-5-11-8/h4-5,9H,1-3H2. The summed E-state index contributed by atoms with van der Waals surface area (Å²) in [6, 6.07) is 0. The molecule has 0 aliphatic carbocycles. The van der Waals surface area contributed by atoms with E-state index in [1.54, 1.807) is 0 Å². The van der Waals surface area contributed by atoms with E-state index in [0.717, 1.165) is 30.5 Å². The summed E-state index contributed by atoms with van der Waals surface area (Å²) in [4.78, 5) is 18.6. The number of hydrogen-bond donors (Lipinski definition) is 1. The van der Waals surface area contributed by atoms with Crippen LogP contribution < -0.4 is 5.32 Å². The van der Waals surface area contributed by atoms with Crippen LogP contribution in [-0.2, 0) is 13.0 Å². The van der Waals surface area contributed by atoms with Gasteiger partial charge in [-0.1, -0.05) is 0 Å². The highest BCUT2D eigenvalue weighted by atomic mass is 16.1. The number of aromatic nitrogens is 2. The molecule has 0 fully saturated rings. The fourth-order valence-electron chi connectivity index (χ4n) is 1.39. The molecule has 1 aliphatic rings. The lowest BCUT2D eigenvalue weighted by atomic mass is 10.1. The van der Waals surface area contributed by atoms with Gasteiger partial charge in [-0.3, -0.25) is 4.79 Å². The molecule has 0 atom stereocenters. The zero-order valence-electron chi connectivity index (χ0n) is 6.58. The molecule has 0 saturated carbocycles. The largest absolute Gasteiger partial charge is 0.312 e. The second-order valence-electron chi connectivity index (χ2n) is 2.73. The molecule has 2 rings (SSSR count). The molecule has 0 unspecified atom stereocenters. The second-order valence-corrected chi connectivity index (χ2v) is 2.73. The third kappa shape index (κ3) is 1.10. The molecule has 1 aromatic rings. The van der Waals surface area contributed by atoms with Crippen molar-refractivity contribution in [2.75, 3.05) is 6.54 Å². The number of carbonyl (C=O) groups excluding carboxylic acids is 1.